The molecule has 0 aliphatic heterocycles. The number of hydrogen-bond acceptors (Lipinski definition) is 4. The van der Waals surface area contributed by atoms with E-state index in [4.69, 9.17) is 4.74 Å². The number of halogens is 1. The van der Waals surface area contributed by atoms with E-state index >= 15 is 0 Å². The second-order valence-electron chi connectivity index (χ2n) is 6.79. The first-order valence-electron chi connectivity index (χ1n) is 9.57. The molecule has 0 bridgehead atoms. The van der Waals surface area contributed by atoms with E-state index in [1.165, 1.54) is 6.07 Å². The van der Waals surface area contributed by atoms with Gasteiger partial charge in [0.05, 0.1) is 18.5 Å². The molecule has 4 rings (SSSR count). The van der Waals surface area contributed by atoms with E-state index in [1.54, 1.807) is 29.1 Å². The molecule has 0 spiro atoms. The summed E-state index contributed by atoms with van der Waals surface area (Å²) in [6, 6.07) is 13.9. The number of benzene rings is 2. The van der Waals surface area contributed by atoms with Crippen LogP contribution in [0.5, 0.6) is 5.75 Å². The lowest BCUT2D eigenvalue weighted by atomic mass is 10.2. The number of hydrogen-bond donors (Lipinski definition) is 1. The summed E-state index contributed by atoms with van der Waals surface area (Å²) in [5.74, 6) is 0.515. The number of imidazole rings is 1. The van der Waals surface area contributed by atoms with E-state index in [1.807, 2.05) is 24.3 Å². The molecule has 0 amide bonds. The Labute approximate surface area is 167 Å². The van der Waals surface area contributed by atoms with Crippen molar-refractivity contribution in [1.29, 1.82) is 0 Å². The lowest BCUT2D eigenvalue weighted by Crippen LogP contribution is -2.14. The summed E-state index contributed by atoms with van der Waals surface area (Å²) in [5, 5.41) is 0. The zero-order chi connectivity index (χ0) is 20.2. The van der Waals surface area contributed by atoms with Crippen LogP contribution in [0.4, 0.5) is 4.39 Å². The highest BCUT2D eigenvalue weighted by Gasteiger charge is 2.14. The van der Waals surface area contributed by atoms with E-state index in [0.29, 0.717) is 18.7 Å². The molecule has 1 N–H and O–H groups in total. The molecule has 4 aromatic rings. The van der Waals surface area contributed by atoms with Crippen LogP contribution in [0, 0.1) is 5.82 Å². The minimum absolute atomic E-state index is 0.164. The summed E-state index contributed by atoms with van der Waals surface area (Å²) < 4.78 is 21.5. The third-order valence-electron chi connectivity index (χ3n) is 4.63. The van der Waals surface area contributed by atoms with Crippen LogP contribution in [0.1, 0.15) is 25.3 Å². The molecule has 0 saturated heterocycles. The Morgan fingerprint density at radius 2 is 2.03 bits per heavy atom. The minimum atomic E-state index is -0.450. The Hall–Kier alpha value is -3.48. The number of ether oxygens (including phenoxy) is 1. The van der Waals surface area contributed by atoms with Gasteiger partial charge >= 0.3 is 0 Å². The SMILES string of the molecule is CCCCOc1cccc(Cn2cnc3nc(-c4ccccc4F)[nH]c(=O)c32)c1. The molecule has 0 unspecified atom stereocenters. The number of H-pyrrole nitrogens is 1. The Bertz CT molecular complexity index is 1200. The quantitative estimate of drug-likeness (QED) is 0.480. The first-order chi connectivity index (χ1) is 14.2. The van der Waals surface area contributed by atoms with Crippen molar-refractivity contribution in [3.8, 4) is 17.1 Å². The van der Waals surface area contributed by atoms with Crippen molar-refractivity contribution in [2.24, 2.45) is 0 Å². The maximum atomic E-state index is 14.0. The van der Waals surface area contributed by atoms with Crippen molar-refractivity contribution in [2.75, 3.05) is 6.61 Å². The summed E-state index contributed by atoms with van der Waals surface area (Å²) in [5.41, 5.74) is 1.49. The molecule has 2 aromatic carbocycles. The van der Waals surface area contributed by atoms with Crippen molar-refractivity contribution in [1.82, 2.24) is 19.5 Å². The average Bonchev–Trinajstić information content (AvgIpc) is 3.12. The smallest absolute Gasteiger partial charge is 0.277 e. The summed E-state index contributed by atoms with van der Waals surface area (Å²) >= 11 is 0. The molecule has 0 atom stereocenters. The lowest BCUT2D eigenvalue weighted by molar-refractivity contribution is 0.309. The van der Waals surface area contributed by atoms with Gasteiger partial charge in [0.25, 0.3) is 5.56 Å². The number of nitrogens with one attached hydrogen (secondary N) is 1. The van der Waals surface area contributed by atoms with Gasteiger partial charge in [0.1, 0.15) is 17.4 Å². The number of unbranched alkanes of at least 4 members (excludes halogenated alkanes) is 1. The fourth-order valence-electron chi connectivity index (χ4n) is 3.15. The molecule has 29 heavy (non-hydrogen) atoms. The number of rotatable bonds is 7. The van der Waals surface area contributed by atoms with Gasteiger partial charge in [-0.3, -0.25) is 4.79 Å². The topological polar surface area (TPSA) is 72.8 Å². The molecular formula is C22H21FN4O2. The summed E-state index contributed by atoms with van der Waals surface area (Å²) in [6.45, 7) is 3.24. The number of nitrogens with zero attached hydrogens (tertiary/aromatic N) is 3. The molecule has 148 valence electrons. The van der Waals surface area contributed by atoms with Crippen LogP contribution < -0.4 is 10.3 Å². The molecule has 0 saturated carbocycles. The Morgan fingerprint density at radius 3 is 2.86 bits per heavy atom. The van der Waals surface area contributed by atoms with Gasteiger partial charge in [0, 0.05) is 6.54 Å². The summed E-state index contributed by atoms with van der Waals surface area (Å²) in [6.07, 6.45) is 3.65. The second-order valence-corrected chi connectivity index (χ2v) is 6.79. The van der Waals surface area contributed by atoms with Crippen LogP contribution in [0.2, 0.25) is 0 Å². The van der Waals surface area contributed by atoms with Crippen LogP contribution in [-0.2, 0) is 6.54 Å². The van der Waals surface area contributed by atoms with E-state index in [9.17, 15) is 9.18 Å². The normalized spacial score (nSPS) is 11.1. The van der Waals surface area contributed by atoms with Crippen molar-refractivity contribution in [2.45, 2.75) is 26.3 Å². The Balaban J connectivity index is 1.64. The van der Waals surface area contributed by atoms with Crippen molar-refractivity contribution in [3.63, 3.8) is 0 Å². The van der Waals surface area contributed by atoms with Gasteiger partial charge in [-0.15, -0.1) is 0 Å². The predicted octanol–water partition coefficient (Wildman–Crippen LogP) is 4.15. The maximum absolute atomic E-state index is 14.0. The number of aromatic nitrogens is 4. The zero-order valence-corrected chi connectivity index (χ0v) is 16.1. The van der Waals surface area contributed by atoms with Gasteiger partial charge in [-0.25, -0.2) is 14.4 Å². The third kappa shape index (κ3) is 4.03. The van der Waals surface area contributed by atoms with Crippen LogP contribution in [-0.4, -0.2) is 26.1 Å². The lowest BCUT2D eigenvalue weighted by Gasteiger charge is -2.09. The van der Waals surface area contributed by atoms with Gasteiger partial charge in [0.15, 0.2) is 11.2 Å². The molecule has 7 heteroatoms. The van der Waals surface area contributed by atoms with E-state index < -0.39 is 5.82 Å². The van der Waals surface area contributed by atoms with Gasteiger partial charge in [-0.2, -0.15) is 0 Å². The fourth-order valence-corrected chi connectivity index (χ4v) is 3.15. The van der Waals surface area contributed by atoms with Crippen LogP contribution in [0.15, 0.2) is 59.7 Å². The van der Waals surface area contributed by atoms with Gasteiger partial charge < -0.3 is 14.3 Å². The van der Waals surface area contributed by atoms with Crippen molar-refractivity contribution >= 4 is 11.2 Å². The van der Waals surface area contributed by atoms with Crippen molar-refractivity contribution < 1.29 is 9.13 Å². The largest absolute Gasteiger partial charge is 0.494 e. The van der Waals surface area contributed by atoms with Crippen LogP contribution >= 0.6 is 0 Å². The standard InChI is InChI=1S/C22H21FN4O2/c1-2-3-11-29-16-8-6-7-15(12-16)13-27-14-24-21-19(27)22(28)26-20(25-21)17-9-4-5-10-18(17)23/h4-10,12,14H,2-3,11,13H2,1H3,(H,25,26,28). The highest BCUT2D eigenvalue weighted by molar-refractivity contribution is 5.72. The van der Waals surface area contributed by atoms with Gasteiger partial charge in [-0.05, 0) is 36.2 Å². The predicted molar refractivity (Wildman–Crippen MR) is 109 cm³/mol. The summed E-state index contributed by atoms with van der Waals surface area (Å²) in [4.78, 5) is 24.0. The molecule has 2 aromatic heterocycles. The third-order valence-corrected chi connectivity index (χ3v) is 4.63. The summed E-state index contributed by atoms with van der Waals surface area (Å²) in [7, 11) is 0. The fraction of sp³-hybridized carbons (Fsp3) is 0.227. The molecule has 0 fully saturated rings. The van der Waals surface area contributed by atoms with E-state index in [0.717, 1.165) is 24.2 Å². The van der Waals surface area contributed by atoms with Gasteiger partial charge in [0.2, 0.25) is 0 Å². The Morgan fingerprint density at radius 1 is 1.17 bits per heavy atom. The van der Waals surface area contributed by atoms with Crippen LogP contribution in [0.25, 0.3) is 22.6 Å². The number of aromatic amines is 1. The molecule has 2 heterocycles. The minimum Gasteiger partial charge on any atom is -0.494 e. The zero-order valence-electron chi connectivity index (χ0n) is 16.1. The highest BCUT2D eigenvalue weighted by Crippen LogP contribution is 2.20. The average molecular weight is 392 g/mol. The molecular weight excluding hydrogens is 371 g/mol. The van der Waals surface area contributed by atoms with Crippen LogP contribution in [0.3, 0.4) is 0 Å². The first-order valence-corrected chi connectivity index (χ1v) is 9.57. The maximum Gasteiger partial charge on any atom is 0.277 e. The molecule has 0 radical (unpaired) electrons. The van der Waals surface area contributed by atoms with Gasteiger partial charge in [-0.1, -0.05) is 37.6 Å². The first kappa shape index (κ1) is 18.9. The van der Waals surface area contributed by atoms with Crippen molar-refractivity contribution in [3.05, 3.63) is 76.6 Å². The Kier molecular flexibility index (Phi) is 5.37. The molecule has 6 nitrogen and oxygen atoms in total. The van der Waals surface area contributed by atoms with E-state index in [-0.39, 0.29) is 22.6 Å². The number of fused-ring (bicyclic) bond motifs is 1. The molecule has 0 aliphatic rings. The molecule has 0 aliphatic carbocycles. The highest BCUT2D eigenvalue weighted by atomic mass is 19.1. The second kappa shape index (κ2) is 8.26. The monoisotopic (exact) mass is 392 g/mol. The van der Waals surface area contributed by atoms with E-state index in [2.05, 4.69) is 21.9 Å².